The van der Waals surface area contributed by atoms with Crippen molar-refractivity contribution >= 4 is 49.4 Å². The number of nitrogens with one attached hydrogen (secondary N) is 2. The molecule has 12 nitrogen and oxygen atoms in total. The maximum absolute atomic E-state index is 13.1. The molecule has 3 aromatic rings. The fourth-order valence-electron chi connectivity index (χ4n) is 3.71. The van der Waals surface area contributed by atoms with Gasteiger partial charge in [0.1, 0.15) is 12.1 Å². The summed E-state index contributed by atoms with van der Waals surface area (Å²) >= 11 is 0.829. The van der Waals surface area contributed by atoms with Crippen LogP contribution in [0.2, 0.25) is 0 Å². The van der Waals surface area contributed by atoms with Gasteiger partial charge in [0, 0.05) is 45.0 Å². The Balaban J connectivity index is 1.35. The Bertz CT molecular complexity index is 1250. The van der Waals surface area contributed by atoms with Gasteiger partial charge >= 0.3 is 6.09 Å². The Morgan fingerprint density at radius 1 is 1.24 bits per heavy atom. The van der Waals surface area contributed by atoms with Gasteiger partial charge in [0.2, 0.25) is 0 Å². The number of anilines is 2. The lowest BCUT2D eigenvalue weighted by Crippen LogP contribution is -2.50. The number of fused-ring (bicyclic) bond motifs is 1. The zero-order chi connectivity index (χ0) is 23.6. The van der Waals surface area contributed by atoms with Crippen molar-refractivity contribution in [2.45, 2.75) is 24.1 Å². The molecule has 4 rings (SSSR count). The molecule has 176 valence electrons. The number of thiazole rings is 1. The number of nitrogens with zero attached hydrogens (tertiary/aromatic N) is 6. The number of aromatic nitrogens is 4. The summed E-state index contributed by atoms with van der Waals surface area (Å²) in [6, 6.07) is 3.83. The fraction of sp³-hybridized carbons (Fsp3) is 0.421. The monoisotopic (exact) mass is 492 g/mol. The highest BCUT2D eigenvalue weighted by molar-refractivity contribution is 7.91. The van der Waals surface area contributed by atoms with E-state index in [0.717, 1.165) is 16.7 Å². The second kappa shape index (κ2) is 9.51. The highest BCUT2D eigenvalue weighted by atomic mass is 32.2. The van der Waals surface area contributed by atoms with Crippen molar-refractivity contribution in [3.05, 3.63) is 30.4 Å². The Hall–Kier alpha value is -2.94. The standard InChI is InChI=1S/C19H24N8O4S2/c1-12(23-16-14-4-3-5-20-15(14)21-11-22-16)10-26-6-8-27(9-7-26)33(30,31)17-13(2)24-18(32-17)25-19(28)29/h3-5,11-12H,6-10H2,1-2H3,(H,24,25)(H,28,29)(H,20,21,22,23)/t12-/m0/s1. The van der Waals surface area contributed by atoms with Gasteiger partial charge in [0.25, 0.3) is 10.0 Å². The van der Waals surface area contributed by atoms with E-state index in [-0.39, 0.29) is 21.1 Å². The molecular weight excluding hydrogens is 468 g/mol. The Labute approximate surface area is 194 Å². The van der Waals surface area contributed by atoms with Crippen LogP contribution in [0, 0.1) is 6.92 Å². The number of piperazine rings is 1. The van der Waals surface area contributed by atoms with Crippen LogP contribution >= 0.6 is 11.3 Å². The van der Waals surface area contributed by atoms with Crippen LogP contribution in [0.4, 0.5) is 15.7 Å². The predicted molar refractivity (Wildman–Crippen MR) is 124 cm³/mol. The fourth-order valence-corrected chi connectivity index (χ4v) is 6.67. The van der Waals surface area contributed by atoms with Crippen molar-refractivity contribution in [3.8, 4) is 0 Å². The van der Waals surface area contributed by atoms with E-state index < -0.39 is 16.1 Å². The number of hydrogen-bond acceptors (Lipinski definition) is 10. The second-order valence-corrected chi connectivity index (χ2v) is 10.8. The van der Waals surface area contributed by atoms with E-state index in [1.54, 1.807) is 13.1 Å². The molecule has 0 unspecified atom stereocenters. The summed E-state index contributed by atoms with van der Waals surface area (Å²) in [6.45, 7) is 6.16. The average molecular weight is 493 g/mol. The molecule has 1 saturated heterocycles. The van der Waals surface area contributed by atoms with Crippen molar-refractivity contribution in [1.82, 2.24) is 29.1 Å². The van der Waals surface area contributed by atoms with E-state index >= 15 is 0 Å². The quantitative estimate of drug-likeness (QED) is 0.444. The molecule has 1 aliphatic rings. The van der Waals surface area contributed by atoms with Gasteiger partial charge in [-0.05, 0) is 26.0 Å². The third-order valence-corrected chi connectivity index (χ3v) is 8.76. The molecule has 14 heteroatoms. The molecule has 1 fully saturated rings. The molecule has 33 heavy (non-hydrogen) atoms. The number of rotatable bonds is 7. The summed E-state index contributed by atoms with van der Waals surface area (Å²) in [4.78, 5) is 29.8. The molecule has 1 amide bonds. The number of sulfonamides is 1. The smallest absolute Gasteiger partial charge is 0.410 e. The highest BCUT2D eigenvalue weighted by Crippen LogP contribution is 2.30. The Morgan fingerprint density at radius 2 is 2.00 bits per heavy atom. The lowest BCUT2D eigenvalue weighted by molar-refractivity contribution is 0.184. The summed E-state index contributed by atoms with van der Waals surface area (Å²) in [7, 11) is -3.74. The topological polar surface area (TPSA) is 154 Å². The third kappa shape index (κ3) is 5.19. The molecule has 0 spiro atoms. The molecule has 0 radical (unpaired) electrons. The first-order chi connectivity index (χ1) is 15.7. The summed E-state index contributed by atoms with van der Waals surface area (Å²) < 4.78 is 27.6. The number of hydrogen-bond donors (Lipinski definition) is 3. The largest absolute Gasteiger partial charge is 0.465 e. The van der Waals surface area contributed by atoms with Gasteiger partial charge in [0.15, 0.2) is 15.0 Å². The first-order valence-corrected chi connectivity index (χ1v) is 12.5. The van der Waals surface area contributed by atoms with Gasteiger partial charge in [-0.2, -0.15) is 4.31 Å². The maximum atomic E-state index is 13.1. The molecule has 0 aromatic carbocycles. The number of carbonyl (C=O) groups is 1. The number of amides is 1. The van der Waals surface area contributed by atoms with E-state index in [4.69, 9.17) is 5.11 Å². The van der Waals surface area contributed by atoms with Crippen LogP contribution in [0.5, 0.6) is 0 Å². The van der Waals surface area contributed by atoms with E-state index in [9.17, 15) is 13.2 Å². The van der Waals surface area contributed by atoms with Crippen molar-refractivity contribution in [3.63, 3.8) is 0 Å². The molecule has 3 N–H and O–H groups in total. The Kier molecular flexibility index (Phi) is 6.69. The zero-order valence-corrected chi connectivity index (χ0v) is 19.7. The average Bonchev–Trinajstić information content (AvgIpc) is 3.14. The summed E-state index contributed by atoms with van der Waals surface area (Å²) in [5, 5.41) is 15.2. The molecule has 0 bridgehead atoms. The van der Waals surface area contributed by atoms with Gasteiger partial charge in [-0.15, -0.1) is 0 Å². The summed E-state index contributed by atoms with van der Waals surface area (Å²) in [5.41, 5.74) is 0.914. The van der Waals surface area contributed by atoms with Crippen LogP contribution in [0.25, 0.3) is 11.0 Å². The zero-order valence-electron chi connectivity index (χ0n) is 18.1. The van der Waals surface area contributed by atoms with E-state index in [2.05, 4.69) is 35.5 Å². The molecule has 1 aliphatic heterocycles. The number of pyridine rings is 1. The second-order valence-electron chi connectivity index (χ2n) is 7.67. The molecule has 0 saturated carbocycles. The first kappa shape index (κ1) is 23.2. The van der Waals surface area contributed by atoms with Crippen LogP contribution in [-0.4, -0.2) is 87.5 Å². The predicted octanol–water partition coefficient (Wildman–Crippen LogP) is 1.69. The van der Waals surface area contributed by atoms with Crippen LogP contribution in [0.15, 0.2) is 28.9 Å². The van der Waals surface area contributed by atoms with Crippen molar-refractivity contribution in [2.75, 3.05) is 43.4 Å². The van der Waals surface area contributed by atoms with Crippen LogP contribution in [0.1, 0.15) is 12.6 Å². The van der Waals surface area contributed by atoms with E-state index in [0.29, 0.717) is 44.2 Å². The summed E-state index contributed by atoms with van der Waals surface area (Å²) in [5.74, 6) is 0.716. The van der Waals surface area contributed by atoms with Crippen LogP contribution in [-0.2, 0) is 10.0 Å². The van der Waals surface area contributed by atoms with Crippen molar-refractivity contribution < 1.29 is 18.3 Å². The highest BCUT2D eigenvalue weighted by Gasteiger charge is 2.32. The van der Waals surface area contributed by atoms with Gasteiger partial charge in [-0.1, -0.05) is 11.3 Å². The first-order valence-electron chi connectivity index (χ1n) is 10.3. The van der Waals surface area contributed by atoms with Crippen molar-refractivity contribution in [1.29, 1.82) is 0 Å². The minimum atomic E-state index is -3.74. The number of carboxylic acid groups (broad SMARTS) is 1. The van der Waals surface area contributed by atoms with Crippen LogP contribution < -0.4 is 10.6 Å². The molecule has 0 aliphatic carbocycles. The summed E-state index contributed by atoms with van der Waals surface area (Å²) in [6.07, 6.45) is 1.88. The SMILES string of the molecule is Cc1nc(NC(=O)O)sc1S(=O)(=O)N1CCN(C[C@H](C)Nc2ncnc3ncccc23)CC1. The normalized spacial score (nSPS) is 16.5. The van der Waals surface area contributed by atoms with Crippen molar-refractivity contribution in [2.24, 2.45) is 0 Å². The lowest BCUT2D eigenvalue weighted by Gasteiger charge is -2.35. The molecular formula is C19H24N8O4S2. The Morgan fingerprint density at radius 3 is 2.73 bits per heavy atom. The molecule has 1 atom stereocenters. The van der Waals surface area contributed by atoms with Gasteiger partial charge in [-0.25, -0.2) is 33.1 Å². The number of aryl methyl sites for hydroxylation is 1. The van der Waals surface area contributed by atoms with Gasteiger partial charge < -0.3 is 10.4 Å². The maximum Gasteiger partial charge on any atom is 0.410 e. The lowest BCUT2D eigenvalue weighted by atomic mass is 10.2. The van der Waals surface area contributed by atoms with Gasteiger partial charge in [0.05, 0.1) is 11.1 Å². The minimum Gasteiger partial charge on any atom is -0.465 e. The van der Waals surface area contributed by atoms with E-state index in [1.165, 1.54) is 10.6 Å². The molecule has 4 heterocycles. The van der Waals surface area contributed by atoms with Crippen LogP contribution in [0.3, 0.4) is 0 Å². The minimum absolute atomic E-state index is 0.0459. The van der Waals surface area contributed by atoms with Gasteiger partial charge in [-0.3, -0.25) is 10.2 Å². The van der Waals surface area contributed by atoms with E-state index in [1.807, 2.05) is 19.1 Å². The third-order valence-electron chi connectivity index (χ3n) is 5.20. The molecule has 3 aromatic heterocycles.